The van der Waals surface area contributed by atoms with Gasteiger partial charge in [0, 0.05) is 6.61 Å². The molecule has 1 aromatic carbocycles. The first kappa shape index (κ1) is 13.8. The number of carboxylic acid groups (broad SMARTS) is 1. The number of carboxylic acids is 1. The number of hydrogen-bond acceptors (Lipinski definition) is 3. The fraction of sp³-hybridized carbons (Fsp3) is 0.385. The van der Waals surface area contributed by atoms with E-state index in [1.165, 1.54) is 18.2 Å². The summed E-state index contributed by atoms with van der Waals surface area (Å²) in [5.74, 6) is -1.38. The van der Waals surface area contributed by atoms with Crippen molar-refractivity contribution < 1.29 is 19.4 Å². The smallest absolute Gasteiger partial charge is 0.335 e. The second-order valence-corrected chi connectivity index (χ2v) is 4.81. The Morgan fingerprint density at radius 2 is 2.21 bits per heavy atom. The number of benzene rings is 1. The Labute approximate surface area is 115 Å². The van der Waals surface area contributed by atoms with E-state index in [2.05, 4.69) is 5.32 Å². The van der Waals surface area contributed by atoms with Gasteiger partial charge in [0.1, 0.15) is 0 Å². The number of ether oxygens (including phenoxy) is 1. The maximum Gasteiger partial charge on any atom is 0.335 e. The Morgan fingerprint density at radius 3 is 2.79 bits per heavy atom. The Hall–Kier alpha value is -1.59. The number of carbonyl (C=O) groups is 2. The summed E-state index contributed by atoms with van der Waals surface area (Å²) >= 11 is 5.95. The van der Waals surface area contributed by atoms with Crippen LogP contribution in [0.2, 0.25) is 5.02 Å². The number of nitrogens with one attached hydrogen (secondary N) is 1. The molecule has 0 saturated carbocycles. The maximum absolute atomic E-state index is 12.0. The van der Waals surface area contributed by atoms with Crippen LogP contribution in [0.1, 0.15) is 23.2 Å². The molecule has 1 heterocycles. The summed E-state index contributed by atoms with van der Waals surface area (Å²) in [5, 5.41) is 11.7. The van der Waals surface area contributed by atoms with Gasteiger partial charge >= 0.3 is 5.97 Å². The molecule has 19 heavy (non-hydrogen) atoms. The molecule has 0 spiro atoms. The predicted molar refractivity (Wildman–Crippen MR) is 70.6 cm³/mol. The molecule has 0 aliphatic carbocycles. The molecular formula is C13H14ClNO4. The van der Waals surface area contributed by atoms with Gasteiger partial charge < -0.3 is 15.2 Å². The van der Waals surface area contributed by atoms with Crippen LogP contribution in [0.3, 0.4) is 0 Å². The van der Waals surface area contributed by atoms with Crippen LogP contribution in [0.25, 0.3) is 0 Å². The van der Waals surface area contributed by atoms with Gasteiger partial charge in [-0.05, 0) is 31.0 Å². The van der Waals surface area contributed by atoms with Crippen molar-refractivity contribution in [3.05, 3.63) is 28.8 Å². The first-order valence-corrected chi connectivity index (χ1v) is 6.37. The van der Waals surface area contributed by atoms with Crippen LogP contribution in [-0.2, 0) is 9.53 Å². The molecule has 6 heteroatoms. The van der Waals surface area contributed by atoms with E-state index in [4.69, 9.17) is 21.4 Å². The minimum Gasteiger partial charge on any atom is -0.478 e. The van der Waals surface area contributed by atoms with Crippen molar-refractivity contribution >= 4 is 29.2 Å². The molecule has 5 nitrogen and oxygen atoms in total. The van der Waals surface area contributed by atoms with Crippen molar-refractivity contribution in [3.8, 4) is 0 Å². The van der Waals surface area contributed by atoms with Crippen LogP contribution < -0.4 is 5.32 Å². The third-order valence-electron chi connectivity index (χ3n) is 3.00. The number of aromatic carboxylic acids is 1. The average molecular weight is 284 g/mol. The van der Waals surface area contributed by atoms with Crippen molar-refractivity contribution in [2.45, 2.75) is 12.8 Å². The second-order valence-electron chi connectivity index (χ2n) is 4.40. The van der Waals surface area contributed by atoms with Crippen molar-refractivity contribution in [3.63, 3.8) is 0 Å². The van der Waals surface area contributed by atoms with E-state index in [1.807, 2.05) is 0 Å². The quantitative estimate of drug-likeness (QED) is 0.893. The fourth-order valence-electron chi connectivity index (χ4n) is 1.93. The lowest BCUT2D eigenvalue weighted by Gasteiger charge is -2.21. The highest BCUT2D eigenvalue weighted by atomic mass is 35.5. The van der Waals surface area contributed by atoms with E-state index < -0.39 is 5.97 Å². The van der Waals surface area contributed by atoms with Crippen LogP contribution in [0.5, 0.6) is 0 Å². The number of amides is 1. The summed E-state index contributed by atoms with van der Waals surface area (Å²) < 4.78 is 5.25. The molecular weight excluding hydrogens is 270 g/mol. The summed E-state index contributed by atoms with van der Waals surface area (Å²) in [7, 11) is 0. The SMILES string of the molecule is O=C(O)c1ccc(NC(=O)C2CCCOC2)c(Cl)c1. The molecule has 1 aromatic rings. The third-order valence-corrected chi connectivity index (χ3v) is 3.32. The molecule has 2 rings (SSSR count). The van der Waals surface area contributed by atoms with E-state index >= 15 is 0 Å². The zero-order valence-electron chi connectivity index (χ0n) is 10.2. The van der Waals surface area contributed by atoms with Gasteiger partial charge in [0.2, 0.25) is 5.91 Å². The first-order chi connectivity index (χ1) is 9.08. The average Bonchev–Trinajstić information content (AvgIpc) is 2.41. The number of halogens is 1. The normalized spacial score (nSPS) is 18.9. The molecule has 1 aliphatic heterocycles. The van der Waals surface area contributed by atoms with E-state index in [9.17, 15) is 9.59 Å². The predicted octanol–water partition coefficient (Wildman–Crippen LogP) is 2.40. The van der Waals surface area contributed by atoms with Gasteiger partial charge in [-0.3, -0.25) is 4.79 Å². The maximum atomic E-state index is 12.0. The number of carbonyl (C=O) groups excluding carboxylic acids is 1. The fourth-order valence-corrected chi connectivity index (χ4v) is 2.16. The summed E-state index contributed by atoms with van der Waals surface area (Å²) in [6.07, 6.45) is 1.65. The van der Waals surface area contributed by atoms with Crippen LogP contribution in [0.15, 0.2) is 18.2 Å². The van der Waals surface area contributed by atoms with Crippen molar-refractivity contribution in [2.24, 2.45) is 5.92 Å². The van der Waals surface area contributed by atoms with Gasteiger partial charge in [-0.2, -0.15) is 0 Å². The van der Waals surface area contributed by atoms with Crippen LogP contribution in [-0.4, -0.2) is 30.2 Å². The summed E-state index contributed by atoms with van der Waals surface area (Å²) in [6.45, 7) is 1.11. The second kappa shape index (κ2) is 6.04. The summed E-state index contributed by atoms with van der Waals surface area (Å²) in [6, 6.07) is 4.21. The van der Waals surface area contributed by atoms with Gasteiger partial charge in [-0.25, -0.2) is 4.79 Å². The highest BCUT2D eigenvalue weighted by Crippen LogP contribution is 2.24. The molecule has 1 amide bonds. The highest BCUT2D eigenvalue weighted by molar-refractivity contribution is 6.34. The molecule has 0 aromatic heterocycles. The van der Waals surface area contributed by atoms with E-state index in [0.717, 1.165) is 12.8 Å². The van der Waals surface area contributed by atoms with Gasteiger partial charge in [0.15, 0.2) is 0 Å². The topological polar surface area (TPSA) is 75.6 Å². The molecule has 1 saturated heterocycles. The van der Waals surface area contributed by atoms with Crippen molar-refractivity contribution in [2.75, 3.05) is 18.5 Å². The van der Waals surface area contributed by atoms with Crippen LogP contribution in [0.4, 0.5) is 5.69 Å². The minimum atomic E-state index is -1.06. The van der Waals surface area contributed by atoms with Crippen molar-refractivity contribution in [1.29, 1.82) is 0 Å². The number of anilines is 1. The molecule has 0 bridgehead atoms. The molecule has 1 unspecified atom stereocenters. The zero-order chi connectivity index (χ0) is 13.8. The van der Waals surface area contributed by atoms with Gasteiger partial charge in [0.05, 0.1) is 28.8 Å². The lowest BCUT2D eigenvalue weighted by molar-refractivity contribution is -0.123. The molecule has 102 valence electrons. The first-order valence-electron chi connectivity index (χ1n) is 5.99. The third kappa shape index (κ3) is 3.45. The monoisotopic (exact) mass is 283 g/mol. The Morgan fingerprint density at radius 1 is 1.42 bits per heavy atom. The molecule has 1 aliphatic rings. The lowest BCUT2D eigenvalue weighted by atomic mass is 10.0. The van der Waals surface area contributed by atoms with Crippen molar-refractivity contribution in [1.82, 2.24) is 0 Å². The largest absolute Gasteiger partial charge is 0.478 e. The standard InChI is InChI=1S/C13H14ClNO4/c14-10-6-8(13(17)18)3-4-11(10)15-12(16)9-2-1-5-19-7-9/h3-4,6,9H,1-2,5,7H2,(H,15,16)(H,17,18). The molecule has 2 N–H and O–H groups in total. The van der Waals surface area contributed by atoms with E-state index in [0.29, 0.717) is 18.9 Å². The van der Waals surface area contributed by atoms with Gasteiger partial charge in [0.25, 0.3) is 0 Å². The van der Waals surface area contributed by atoms with E-state index in [1.54, 1.807) is 0 Å². The van der Waals surface area contributed by atoms with Gasteiger partial charge in [-0.1, -0.05) is 11.6 Å². The number of hydrogen-bond donors (Lipinski definition) is 2. The van der Waals surface area contributed by atoms with Gasteiger partial charge in [-0.15, -0.1) is 0 Å². The lowest BCUT2D eigenvalue weighted by Crippen LogP contribution is -2.30. The van der Waals surface area contributed by atoms with Crippen LogP contribution in [0, 0.1) is 5.92 Å². The highest BCUT2D eigenvalue weighted by Gasteiger charge is 2.22. The molecule has 0 radical (unpaired) electrons. The Balaban J connectivity index is 2.06. The van der Waals surface area contributed by atoms with Crippen LogP contribution >= 0.6 is 11.6 Å². The Bertz CT molecular complexity index is 497. The summed E-state index contributed by atoms with van der Waals surface area (Å²) in [5.41, 5.74) is 0.506. The van der Waals surface area contributed by atoms with E-state index in [-0.39, 0.29) is 22.4 Å². The summed E-state index contributed by atoms with van der Waals surface area (Å²) in [4.78, 5) is 22.7. The molecule has 1 fully saturated rings. The number of rotatable bonds is 3. The Kier molecular flexibility index (Phi) is 4.39. The molecule has 1 atom stereocenters. The minimum absolute atomic E-state index is 0.0870. The zero-order valence-corrected chi connectivity index (χ0v) is 10.9.